The van der Waals surface area contributed by atoms with E-state index in [0.29, 0.717) is 0 Å². The molecule has 142 valence electrons. The maximum absolute atomic E-state index is 11.8. The number of ether oxygens (including phenoxy) is 3. The van der Waals surface area contributed by atoms with Crippen LogP contribution in [0, 0.1) is 0 Å². The van der Waals surface area contributed by atoms with E-state index in [1.807, 2.05) is 0 Å². The first-order valence-corrected chi connectivity index (χ1v) is 7.71. The van der Waals surface area contributed by atoms with Gasteiger partial charge in [-0.1, -0.05) is 0 Å². The lowest BCUT2D eigenvalue weighted by molar-refractivity contribution is -0.170. The van der Waals surface area contributed by atoms with Crippen molar-refractivity contribution in [1.29, 1.82) is 0 Å². The Morgan fingerprint density at radius 2 is 2.12 bits per heavy atom. The molecule has 1 fully saturated rings. The number of hydrogen-bond donors (Lipinski definition) is 6. The highest BCUT2D eigenvalue weighted by Gasteiger charge is 2.39. The molecule has 0 amide bonds. The van der Waals surface area contributed by atoms with Gasteiger partial charge in [0, 0.05) is 7.11 Å². The van der Waals surface area contributed by atoms with E-state index in [1.165, 1.54) is 7.11 Å². The zero-order valence-electron chi connectivity index (χ0n) is 13.9. The fourth-order valence-electron chi connectivity index (χ4n) is 2.57. The summed E-state index contributed by atoms with van der Waals surface area (Å²) in [4.78, 5) is 11.8. The average Bonchev–Trinajstić information content (AvgIpc) is 2.60. The fraction of sp³-hybridized carbons (Fsp3) is 0.929. The molecule has 7 N–H and O–H groups in total. The van der Waals surface area contributed by atoms with Gasteiger partial charge in [0.05, 0.1) is 44.6 Å². The lowest BCUT2D eigenvalue weighted by Gasteiger charge is -2.39. The Balaban J connectivity index is 2.47. The third-order valence-corrected chi connectivity index (χ3v) is 4.01. The maximum Gasteiger partial charge on any atom is 0.182 e. The number of rotatable bonds is 10. The van der Waals surface area contributed by atoms with Crippen LogP contribution in [0.25, 0.3) is 0 Å². The second-order valence-corrected chi connectivity index (χ2v) is 5.69. The highest BCUT2D eigenvalue weighted by atomic mass is 16.6. The fourth-order valence-corrected chi connectivity index (χ4v) is 2.57. The summed E-state index contributed by atoms with van der Waals surface area (Å²) >= 11 is 0. The Morgan fingerprint density at radius 3 is 2.67 bits per heavy atom. The van der Waals surface area contributed by atoms with Crippen LogP contribution in [0.5, 0.6) is 0 Å². The van der Waals surface area contributed by atoms with Crippen LogP contribution in [0.1, 0.15) is 0 Å². The highest BCUT2D eigenvalue weighted by molar-refractivity contribution is 5.88. The van der Waals surface area contributed by atoms with Crippen molar-refractivity contribution < 1.29 is 39.4 Å². The van der Waals surface area contributed by atoms with E-state index in [9.17, 15) is 20.1 Å². The van der Waals surface area contributed by atoms with E-state index in [2.05, 4.69) is 5.32 Å². The molecule has 1 heterocycles. The van der Waals surface area contributed by atoms with Gasteiger partial charge in [-0.05, 0) is 7.05 Å². The first-order chi connectivity index (χ1) is 11.4. The summed E-state index contributed by atoms with van der Waals surface area (Å²) in [5.74, 6) is -0.826. The average molecular weight is 352 g/mol. The Hall–Kier alpha value is -0.690. The molecule has 7 atom stereocenters. The lowest BCUT2D eigenvalue weighted by Crippen LogP contribution is -2.60. The van der Waals surface area contributed by atoms with Crippen molar-refractivity contribution in [2.45, 2.75) is 42.6 Å². The number of carbonyl (C=O) groups is 1. The van der Waals surface area contributed by atoms with Crippen molar-refractivity contribution in [3.05, 3.63) is 0 Å². The van der Waals surface area contributed by atoms with E-state index in [-0.39, 0.29) is 25.9 Å². The minimum Gasteiger partial charge on any atom is -0.394 e. The van der Waals surface area contributed by atoms with Gasteiger partial charge in [0.2, 0.25) is 0 Å². The molecule has 0 bridgehead atoms. The minimum atomic E-state index is -1.77. The van der Waals surface area contributed by atoms with Crippen molar-refractivity contribution in [3.63, 3.8) is 0 Å². The number of Topliss-reactive ketones (excluding diaryl/α,β-unsaturated/α-hetero) is 1. The number of nitrogens with one attached hydrogen (secondary N) is 1. The molecule has 1 aliphatic heterocycles. The molecule has 1 rings (SSSR count). The molecule has 0 radical (unpaired) electrons. The Bertz CT molecular complexity index is 386. The zero-order chi connectivity index (χ0) is 18.3. The normalized spacial score (nSPS) is 31.5. The third-order valence-electron chi connectivity index (χ3n) is 4.01. The number of hydrogen-bond acceptors (Lipinski definition) is 10. The first kappa shape index (κ1) is 21.4. The summed E-state index contributed by atoms with van der Waals surface area (Å²) in [6.45, 7) is -0.758. The molecular formula is C14H28N2O8. The summed E-state index contributed by atoms with van der Waals surface area (Å²) in [6.07, 6.45) is -4.98. The van der Waals surface area contributed by atoms with Crippen LogP contribution in [0.15, 0.2) is 0 Å². The zero-order valence-corrected chi connectivity index (χ0v) is 13.9. The van der Waals surface area contributed by atoms with Crippen molar-refractivity contribution in [2.75, 3.05) is 40.6 Å². The molecule has 0 aliphatic carbocycles. The molecule has 24 heavy (non-hydrogen) atoms. The molecule has 10 heteroatoms. The van der Waals surface area contributed by atoms with Crippen molar-refractivity contribution in [3.8, 4) is 0 Å². The molecule has 0 spiro atoms. The number of carbonyl (C=O) groups excluding carboxylic acids is 1. The third kappa shape index (κ3) is 5.41. The molecule has 1 saturated heterocycles. The van der Waals surface area contributed by atoms with Crippen LogP contribution < -0.4 is 11.1 Å². The van der Waals surface area contributed by atoms with Gasteiger partial charge in [0.1, 0.15) is 24.4 Å². The van der Waals surface area contributed by atoms with Crippen LogP contribution in [0.4, 0.5) is 0 Å². The largest absolute Gasteiger partial charge is 0.394 e. The second kappa shape index (κ2) is 10.3. The SMILES string of the molecule is CNC1C(O)COC(COCC(N)C(=O)C(O)C(O)CO)C1OC. The second-order valence-electron chi connectivity index (χ2n) is 5.69. The number of ketones is 1. The van der Waals surface area contributed by atoms with Gasteiger partial charge in [0.25, 0.3) is 0 Å². The molecule has 0 aromatic carbocycles. The summed E-state index contributed by atoms with van der Waals surface area (Å²) in [5.41, 5.74) is 5.62. The molecule has 0 aromatic rings. The number of likely N-dealkylation sites (N-methyl/N-ethyl adjacent to an activating group) is 1. The number of aliphatic hydroxyl groups excluding tert-OH is 4. The summed E-state index contributed by atoms with van der Waals surface area (Å²) in [7, 11) is 3.19. The van der Waals surface area contributed by atoms with E-state index in [1.54, 1.807) is 7.05 Å². The van der Waals surface area contributed by atoms with Gasteiger partial charge in [-0.3, -0.25) is 4.79 Å². The minimum absolute atomic E-state index is 0.0725. The topological polar surface area (TPSA) is 164 Å². The van der Waals surface area contributed by atoms with E-state index in [0.717, 1.165) is 0 Å². The van der Waals surface area contributed by atoms with Crippen molar-refractivity contribution in [2.24, 2.45) is 5.73 Å². The number of nitrogens with two attached hydrogens (primary N) is 1. The van der Waals surface area contributed by atoms with Gasteiger partial charge in [0.15, 0.2) is 5.78 Å². The monoisotopic (exact) mass is 352 g/mol. The van der Waals surface area contributed by atoms with Crippen LogP contribution in [-0.2, 0) is 19.0 Å². The van der Waals surface area contributed by atoms with Gasteiger partial charge >= 0.3 is 0 Å². The first-order valence-electron chi connectivity index (χ1n) is 7.71. The predicted octanol–water partition coefficient (Wildman–Crippen LogP) is -4.02. The van der Waals surface area contributed by atoms with Crippen LogP contribution in [0.2, 0.25) is 0 Å². The van der Waals surface area contributed by atoms with Crippen LogP contribution in [-0.4, -0.2) is 109 Å². The Labute approximate surface area is 140 Å². The van der Waals surface area contributed by atoms with E-state index in [4.69, 9.17) is 25.1 Å². The smallest absolute Gasteiger partial charge is 0.182 e. The van der Waals surface area contributed by atoms with Gasteiger partial charge < -0.3 is 45.7 Å². The van der Waals surface area contributed by atoms with Crippen LogP contribution >= 0.6 is 0 Å². The molecule has 0 aromatic heterocycles. The molecular weight excluding hydrogens is 324 g/mol. The Kier molecular flexibility index (Phi) is 9.19. The standard InChI is InChI=1S/C14H28N2O8/c1-16-11-9(19)5-24-10(14(11)22-2)6-23-4-7(15)12(20)13(21)8(18)3-17/h7-11,13-14,16-19,21H,3-6,15H2,1-2H3. The summed E-state index contributed by atoms with van der Waals surface area (Å²) < 4.78 is 16.2. The Morgan fingerprint density at radius 1 is 1.46 bits per heavy atom. The highest BCUT2D eigenvalue weighted by Crippen LogP contribution is 2.18. The van der Waals surface area contributed by atoms with E-state index >= 15 is 0 Å². The molecule has 10 nitrogen and oxygen atoms in total. The van der Waals surface area contributed by atoms with E-state index < -0.39 is 49.0 Å². The predicted molar refractivity (Wildman–Crippen MR) is 82.3 cm³/mol. The summed E-state index contributed by atoms with van der Waals surface area (Å²) in [5, 5.41) is 40.3. The van der Waals surface area contributed by atoms with Crippen molar-refractivity contribution in [1.82, 2.24) is 5.32 Å². The quantitative estimate of drug-likeness (QED) is 0.228. The van der Waals surface area contributed by atoms with Gasteiger partial charge in [-0.25, -0.2) is 0 Å². The summed E-state index contributed by atoms with van der Waals surface area (Å²) in [6, 6.07) is -1.48. The molecule has 1 aliphatic rings. The van der Waals surface area contributed by atoms with Crippen molar-refractivity contribution >= 4 is 5.78 Å². The lowest BCUT2D eigenvalue weighted by atomic mass is 9.97. The van der Waals surface area contributed by atoms with Crippen LogP contribution in [0.3, 0.4) is 0 Å². The van der Waals surface area contributed by atoms with Gasteiger partial charge in [-0.15, -0.1) is 0 Å². The van der Waals surface area contributed by atoms with Gasteiger partial charge in [-0.2, -0.15) is 0 Å². The number of methoxy groups -OCH3 is 1. The molecule has 0 saturated carbocycles. The number of aliphatic hydroxyl groups is 4. The maximum atomic E-state index is 11.8. The molecule has 7 unspecified atom stereocenters.